The van der Waals surface area contributed by atoms with E-state index in [1.165, 1.54) is 0 Å². The van der Waals surface area contributed by atoms with Gasteiger partial charge in [-0.3, -0.25) is 0 Å². The van der Waals surface area contributed by atoms with E-state index in [0.29, 0.717) is 0 Å². The van der Waals surface area contributed by atoms with Crippen LogP contribution in [0.25, 0.3) is 0 Å². The fourth-order valence-corrected chi connectivity index (χ4v) is 0.509. The summed E-state index contributed by atoms with van der Waals surface area (Å²) in [6.45, 7) is 0. The van der Waals surface area contributed by atoms with Gasteiger partial charge in [-0.2, -0.15) is 0 Å². The van der Waals surface area contributed by atoms with Crippen molar-refractivity contribution < 1.29 is 14.3 Å². The van der Waals surface area contributed by atoms with Gasteiger partial charge in [0.25, 0.3) is 0 Å². The number of H-pyrrole nitrogens is 1. The van der Waals surface area contributed by atoms with Crippen molar-refractivity contribution in [1.82, 2.24) is 4.98 Å². The number of carboxylic acid groups (broad SMARTS) is 1. The average molecular weight is 129 g/mol. The third-order valence-electron chi connectivity index (χ3n) is 0.925. The van der Waals surface area contributed by atoms with E-state index in [2.05, 4.69) is 4.98 Å². The lowest BCUT2D eigenvalue weighted by Gasteiger charge is -1.82. The van der Waals surface area contributed by atoms with Gasteiger partial charge in [0, 0.05) is 12.4 Å². The molecule has 0 amide bonds. The maximum Gasteiger partial charge on any atom is 0.340 e. The summed E-state index contributed by atoms with van der Waals surface area (Å²) in [5.41, 5.74) is -0.324. The van der Waals surface area contributed by atoms with Crippen molar-refractivity contribution in [1.29, 1.82) is 0 Å². The molecule has 0 aromatic carbocycles. The normalized spacial score (nSPS) is 9.44. The predicted octanol–water partition coefficient (Wildman–Crippen LogP) is 0.852. The lowest BCUT2D eigenvalue weighted by Crippen LogP contribution is -1.95. The standard InChI is InChI=1S/C5H4FNO2/c6-4-2-7-1-3(4)5(8)9/h1-2,7H,(H,8,9). The lowest BCUT2D eigenvalue weighted by atomic mass is 10.3. The zero-order chi connectivity index (χ0) is 6.85. The highest BCUT2D eigenvalue weighted by molar-refractivity contribution is 5.87. The van der Waals surface area contributed by atoms with Crippen molar-refractivity contribution in [3.63, 3.8) is 0 Å². The number of carboxylic acids is 1. The Morgan fingerprint density at radius 2 is 2.33 bits per heavy atom. The van der Waals surface area contributed by atoms with Crippen LogP contribution in [0.1, 0.15) is 10.4 Å². The van der Waals surface area contributed by atoms with Crippen molar-refractivity contribution in [2.24, 2.45) is 0 Å². The van der Waals surface area contributed by atoms with E-state index in [1.807, 2.05) is 0 Å². The molecule has 4 heteroatoms. The van der Waals surface area contributed by atoms with Gasteiger partial charge >= 0.3 is 5.97 Å². The monoisotopic (exact) mass is 129 g/mol. The maximum atomic E-state index is 12.2. The number of aromatic nitrogens is 1. The lowest BCUT2D eigenvalue weighted by molar-refractivity contribution is 0.0692. The molecule has 0 radical (unpaired) electrons. The first-order valence-corrected chi connectivity index (χ1v) is 2.27. The zero-order valence-electron chi connectivity index (χ0n) is 4.39. The summed E-state index contributed by atoms with van der Waals surface area (Å²) in [6, 6.07) is 0. The molecule has 0 saturated heterocycles. The molecule has 2 N–H and O–H groups in total. The Morgan fingerprint density at radius 3 is 2.56 bits per heavy atom. The molecule has 48 valence electrons. The van der Waals surface area contributed by atoms with Gasteiger partial charge in [-0.05, 0) is 0 Å². The first-order valence-electron chi connectivity index (χ1n) is 2.27. The van der Waals surface area contributed by atoms with Crippen LogP contribution in [0.15, 0.2) is 12.4 Å². The molecule has 0 bridgehead atoms. The Balaban J connectivity index is 3.08. The van der Waals surface area contributed by atoms with Crippen LogP contribution >= 0.6 is 0 Å². The maximum absolute atomic E-state index is 12.2. The minimum Gasteiger partial charge on any atom is -0.478 e. The Bertz CT molecular complexity index is 231. The van der Waals surface area contributed by atoms with E-state index in [9.17, 15) is 9.18 Å². The number of aromatic carboxylic acids is 1. The van der Waals surface area contributed by atoms with Gasteiger partial charge in [0.15, 0.2) is 5.82 Å². The molecule has 1 heterocycles. The van der Waals surface area contributed by atoms with Gasteiger partial charge < -0.3 is 10.1 Å². The van der Waals surface area contributed by atoms with Gasteiger partial charge in [0.1, 0.15) is 5.56 Å². The van der Waals surface area contributed by atoms with E-state index in [0.717, 1.165) is 12.4 Å². The first-order chi connectivity index (χ1) is 4.22. The second-order valence-corrected chi connectivity index (χ2v) is 1.52. The van der Waals surface area contributed by atoms with E-state index < -0.39 is 11.8 Å². The van der Waals surface area contributed by atoms with Crippen molar-refractivity contribution >= 4 is 5.97 Å². The van der Waals surface area contributed by atoms with Crippen LogP contribution in [-0.2, 0) is 0 Å². The van der Waals surface area contributed by atoms with E-state index in [1.54, 1.807) is 0 Å². The molecule has 0 spiro atoms. The molecular formula is C5H4FNO2. The summed E-state index contributed by atoms with van der Waals surface area (Å²) in [5.74, 6) is -1.99. The molecule has 0 atom stereocenters. The summed E-state index contributed by atoms with van der Waals surface area (Å²) in [6.07, 6.45) is 2.08. The largest absolute Gasteiger partial charge is 0.478 e. The van der Waals surface area contributed by atoms with Crippen LogP contribution in [-0.4, -0.2) is 16.1 Å². The van der Waals surface area contributed by atoms with Crippen LogP contribution in [0, 0.1) is 5.82 Å². The number of rotatable bonds is 1. The summed E-state index contributed by atoms with van der Waals surface area (Å²) in [7, 11) is 0. The average Bonchev–Trinajstić information content (AvgIpc) is 2.13. The van der Waals surface area contributed by atoms with Gasteiger partial charge in [-0.25, -0.2) is 9.18 Å². The van der Waals surface area contributed by atoms with Crippen LogP contribution < -0.4 is 0 Å². The molecule has 0 aliphatic rings. The number of hydrogen-bond donors (Lipinski definition) is 2. The van der Waals surface area contributed by atoms with E-state index >= 15 is 0 Å². The Kier molecular flexibility index (Phi) is 1.22. The first kappa shape index (κ1) is 5.81. The molecule has 0 unspecified atom stereocenters. The Labute approximate surface area is 50.1 Å². The quantitative estimate of drug-likeness (QED) is 0.590. The van der Waals surface area contributed by atoms with Crippen molar-refractivity contribution in [2.45, 2.75) is 0 Å². The molecule has 0 fully saturated rings. The SMILES string of the molecule is O=C(O)c1c[nH]cc1F. The fraction of sp³-hybridized carbons (Fsp3) is 0. The van der Waals surface area contributed by atoms with Gasteiger partial charge in [-0.1, -0.05) is 0 Å². The molecule has 0 aliphatic heterocycles. The predicted molar refractivity (Wildman–Crippen MR) is 27.7 cm³/mol. The van der Waals surface area contributed by atoms with E-state index in [4.69, 9.17) is 5.11 Å². The zero-order valence-corrected chi connectivity index (χ0v) is 4.39. The van der Waals surface area contributed by atoms with Crippen molar-refractivity contribution in [2.75, 3.05) is 0 Å². The highest BCUT2D eigenvalue weighted by Gasteiger charge is 2.08. The number of aromatic amines is 1. The smallest absolute Gasteiger partial charge is 0.340 e. The minimum atomic E-state index is -1.26. The molecule has 1 aromatic rings. The van der Waals surface area contributed by atoms with Crippen LogP contribution in [0.3, 0.4) is 0 Å². The van der Waals surface area contributed by atoms with Crippen molar-refractivity contribution in [3.05, 3.63) is 23.8 Å². The number of hydrogen-bond acceptors (Lipinski definition) is 1. The minimum absolute atomic E-state index is 0.324. The fourth-order valence-electron chi connectivity index (χ4n) is 0.509. The highest BCUT2D eigenvalue weighted by atomic mass is 19.1. The number of carbonyl (C=O) groups is 1. The van der Waals surface area contributed by atoms with Gasteiger partial charge in [0.2, 0.25) is 0 Å². The summed E-state index contributed by atoms with van der Waals surface area (Å²) < 4.78 is 12.2. The third kappa shape index (κ3) is 0.910. The molecule has 1 rings (SSSR count). The third-order valence-corrected chi connectivity index (χ3v) is 0.925. The number of halogens is 1. The van der Waals surface area contributed by atoms with Crippen LogP contribution in [0.5, 0.6) is 0 Å². The van der Waals surface area contributed by atoms with E-state index in [-0.39, 0.29) is 5.56 Å². The second kappa shape index (κ2) is 1.89. The van der Waals surface area contributed by atoms with Crippen LogP contribution in [0.2, 0.25) is 0 Å². The summed E-state index contributed by atoms with van der Waals surface area (Å²) >= 11 is 0. The molecule has 9 heavy (non-hydrogen) atoms. The molecule has 0 saturated carbocycles. The molecule has 0 aliphatic carbocycles. The Morgan fingerprint density at radius 1 is 1.67 bits per heavy atom. The molecular weight excluding hydrogens is 125 g/mol. The highest BCUT2D eigenvalue weighted by Crippen LogP contribution is 2.03. The van der Waals surface area contributed by atoms with Gasteiger partial charge in [-0.15, -0.1) is 0 Å². The molecule has 3 nitrogen and oxygen atoms in total. The Hall–Kier alpha value is -1.32. The van der Waals surface area contributed by atoms with Gasteiger partial charge in [0.05, 0.1) is 0 Å². The topological polar surface area (TPSA) is 53.1 Å². The van der Waals surface area contributed by atoms with Crippen LogP contribution in [0.4, 0.5) is 4.39 Å². The number of nitrogens with one attached hydrogen (secondary N) is 1. The molecule has 1 aromatic heterocycles. The summed E-state index contributed by atoms with van der Waals surface area (Å²) in [4.78, 5) is 12.3. The van der Waals surface area contributed by atoms with Crippen molar-refractivity contribution in [3.8, 4) is 0 Å². The second-order valence-electron chi connectivity index (χ2n) is 1.52. The summed E-state index contributed by atoms with van der Waals surface area (Å²) in [5, 5.41) is 8.19.